The first-order valence-corrected chi connectivity index (χ1v) is 14.1. The van der Waals surface area contributed by atoms with Crippen LogP contribution in [0.25, 0.3) is 11.3 Å². The maximum atomic E-state index is 13.0. The first kappa shape index (κ1) is 26.6. The van der Waals surface area contributed by atoms with Crippen molar-refractivity contribution in [1.82, 2.24) is 20.2 Å². The monoisotopic (exact) mass is 588 g/mol. The van der Waals surface area contributed by atoms with Gasteiger partial charge in [-0.25, -0.2) is 14.8 Å². The second-order valence-electron chi connectivity index (χ2n) is 8.14. The van der Waals surface area contributed by atoms with Gasteiger partial charge in [0.25, 0.3) is 17.0 Å². The van der Waals surface area contributed by atoms with E-state index in [1.807, 2.05) is 0 Å². The molecule has 5 N–H and O–H groups in total. The van der Waals surface area contributed by atoms with E-state index in [4.69, 9.17) is 15.0 Å². The molecule has 3 aromatic rings. The van der Waals surface area contributed by atoms with Gasteiger partial charge in [-0.2, -0.15) is 0 Å². The Hall–Kier alpha value is -4.02. The van der Waals surface area contributed by atoms with Crippen molar-refractivity contribution in [1.29, 1.82) is 0 Å². The quantitative estimate of drug-likeness (QED) is 0.123. The minimum atomic E-state index is -1.24. The van der Waals surface area contributed by atoms with Gasteiger partial charge in [0.05, 0.1) is 6.20 Å². The number of β-lactam (4-membered cyclic amide) rings is 1. The van der Waals surface area contributed by atoms with Crippen molar-refractivity contribution < 1.29 is 33.9 Å². The summed E-state index contributed by atoms with van der Waals surface area (Å²) in [5.41, 5.74) is 6.82. The Bertz CT molecular complexity index is 1500. The fraction of sp³-hybridized carbons (Fsp3) is 0.217. The molecule has 13 nitrogen and oxygen atoms in total. The summed E-state index contributed by atoms with van der Waals surface area (Å²) in [6.07, 6.45) is 1.54. The zero-order chi connectivity index (χ0) is 27.7. The molecule has 2 atom stereocenters. The fourth-order valence-electron chi connectivity index (χ4n) is 3.93. The number of benzene rings is 1. The number of thioether (sulfide) groups is 2. The molecule has 1 aromatic carbocycles. The first-order chi connectivity index (χ1) is 18.8. The zero-order valence-electron chi connectivity index (χ0n) is 20.1. The molecule has 0 bridgehead atoms. The molecule has 0 aliphatic carbocycles. The Kier molecular flexibility index (Phi) is 7.49. The minimum Gasteiger partial charge on any atom is -0.508 e. The van der Waals surface area contributed by atoms with Crippen molar-refractivity contribution in [2.75, 3.05) is 24.3 Å². The Morgan fingerprint density at radius 2 is 2.13 bits per heavy atom. The molecule has 2 amide bonds. The van der Waals surface area contributed by atoms with Crippen LogP contribution in [0.3, 0.4) is 0 Å². The lowest BCUT2D eigenvalue weighted by atomic mass is 10.0. The predicted octanol–water partition coefficient (Wildman–Crippen LogP) is 1.97. The van der Waals surface area contributed by atoms with Gasteiger partial charge in [0.1, 0.15) is 35.7 Å². The number of fused-ring (bicyclic) bond motifs is 1. The van der Waals surface area contributed by atoms with Gasteiger partial charge < -0.3 is 30.5 Å². The number of carbonyl (C=O) groups excluding carboxylic acids is 2. The number of thiazole rings is 1. The van der Waals surface area contributed by atoms with Gasteiger partial charge in [0.2, 0.25) is 0 Å². The highest BCUT2D eigenvalue weighted by molar-refractivity contribution is 8.01. The van der Waals surface area contributed by atoms with Crippen molar-refractivity contribution in [3.63, 3.8) is 0 Å². The van der Waals surface area contributed by atoms with Crippen molar-refractivity contribution in [3.8, 4) is 17.1 Å². The number of nitrogen functional groups attached to an aromatic ring is 1. The molecule has 1 saturated heterocycles. The number of phenolic OH excluding ortho intramolecular Hbond substituents is 1. The molecule has 0 saturated carbocycles. The van der Waals surface area contributed by atoms with Crippen molar-refractivity contribution >= 4 is 63.5 Å². The average molecular weight is 589 g/mol. The van der Waals surface area contributed by atoms with Crippen LogP contribution in [0.5, 0.6) is 5.75 Å². The van der Waals surface area contributed by atoms with Crippen LogP contribution in [0, 0.1) is 0 Å². The largest absolute Gasteiger partial charge is 0.508 e. The van der Waals surface area contributed by atoms with Crippen molar-refractivity contribution in [2.24, 2.45) is 5.16 Å². The van der Waals surface area contributed by atoms with Gasteiger partial charge in [-0.3, -0.25) is 14.5 Å². The molecule has 0 spiro atoms. The van der Waals surface area contributed by atoms with E-state index in [9.17, 15) is 24.6 Å². The van der Waals surface area contributed by atoms with E-state index in [-0.39, 0.29) is 33.7 Å². The molecule has 1 fully saturated rings. The van der Waals surface area contributed by atoms with Crippen LogP contribution >= 0.6 is 34.9 Å². The number of carboxylic acids is 1. The molecule has 16 heteroatoms. The van der Waals surface area contributed by atoms with Gasteiger partial charge >= 0.3 is 5.97 Å². The predicted molar refractivity (Wildman–Crippen MR) is 144 cm³/mol. The Morgan fingerprint density at radius 3 is 2.79 bits per heavy atom. The third-order valence-electron chi connectivity index (χ3n) is 5.70. The molecule has 39 heavy (non-hydrogen) atoms. The zero-order valence-corrected chi connectivity index (χ0v) is 22.5. The number of hydrogen-bond acceptors (Lipinski definition) is 13. The molecule has 202 valence electrons. The molecule has 2 aromatic heterocycles. The lowest BCUT2D eigenvalue weighted by Gasteiger charge is -2.49. The third-order valence-corrected chi connectivity index (χ3v) is 8.65. The number of nitrogens with zero attached hydrogens (tertiary/aromatic N) is 4. The summed E-state index contributed by atoms with van der Waals surface area (Å²) >= 11 is 3.65. The molecule has 5 rings (SSSR count). The minimum absolute atomic E-state index is 0.120. The Labute approximate surface area is 233 Å². The first-order valence-electron chi connectivity index (χ1n) is 11.2. The van der Waals surface area contributed by atoms with Gasteiger partial charge in [-0.05, 0) is 29.8 Å². The summed E-state index contributed by atoms with van der Waals surface area (Å²) in [6.45, 7) is 0. The second kappa shape index (κ2) is 11.0. The highest BCUT2D eigenvalue weighted by Gasteiger charge is 2.54. The van der Waals surface area contributed by atoms with E-state index >= 15 is 0 Å². The summed E-state index contributed by atoms with van der Waals surface area (Å²) < 4.78 is 5.75. The normalized spacial score (nSPS) is 18.9. The molecule has 0 radical (unpaired) electrons. The number of aromatic hydroxyl groups is 1. The van der Waals surface area contributed by atoms with Crippen LogP contribution in [0.4, 0.5) is 5.13 Å². The summed E-state index contributed by atoms with van der Waals surface area (Å²) in [5, 5.41) is 27.2. The lowest BCUT2D eigenvalue weighted by Crippen LogP contribution is -2.71. The summed E-state index contributed by atoms with van der Waals surface area (Å²) in [6, 6.07) is 5.49. The van der Waals surface area contributed by atoms with E-state index in [1.54, 1.807) is 18.3 Å². The number of nitrogens with one attached hydrogen (secondary N) is 1. The smallest absolute Gasteiger partial charge is 0.352 e. The van der Waals surface area contributed by atoms with Gasteiger partial charge in [-0.15, -0.1) is 23.1 Å². The SMILES string of the molecule is CON=C(C(=O)N[C@@H]1C(=O)N2C(C(=O)O)=C(CSc3ncc(-c4ccc(O)cc4)o3)CS[C@@H]12)c1csc(N)n1. The number of amides is 2. The topological polar surface area (TPSA) is 193 Å². The average Bonchev–Trinajstić information content (AvgIpc) is 3.57. The maximum absolute atomic E-state index is 13.0. The standard InChI is InChI=1S/C23H20N6O7S3/c1-35-28-15(13-9-38-22(24)26-13)18(31)27-16-19(32)29-17(21(33)34)11(7-37-20(16)29)8-39-23-25-6-14(36-23)10-2-4-12(30)5-3-10/h2-6,9,16,20,30H,7-8H2,1H3,(H2,24,26)(H,27,31)(H,33,34)/t16-,20+/m1/s1. The van der Waals surface area contributed by atoms with Crippen LogP contribution in [0.1, 0.15) is 5.69 Å². The van der Waals surface area contributed by atoms with E-state index in [1.165, 1.54) is 53.0 Å². The van der Waals surface area contributed by atoms with Crippen LogP contribution < -0.4 is 11.1 Å². The van der Waals surface area contributed by atoms with Crippen molar-refractivity contribution in [2.45, 2.75) is 16.6 Å². The van der Waals surface area contributed by atoms with Gasteiger partial charge in [0.15, 0.2) is 16.6 Å². The summed E-state index contributed by atoms with van der Waals surface area (Å²) in [7, 11) is 1.27. The van der Waals surface area contributed by atoms with E-state index in [0.29, 0.717) is 22.3 Å². The number of carboxylic acid groups (broad SMARTS) is 1. The van der Waals surface area contributed by atoms with Crippen LogP contribution in [-0.2, 0) is 19.2 Å². The molecule has 2 aliphatic heterocycles. The number of oxime groups is 1. The highest BCUT2D eigenvalue weighted by atomic mass is 32.2. The van der Waals surface area contributed by atoms with Crippen LogP contribution in [0.2, 0.25) is 0 Å². The molecular weight excluding hydrogens is 568 g/mol. The Morgan fingerprint density at radius 1 is 1.36 bits per heavy atom. The fourth-order valence-corrected chi connectivity index (χ4v) is 6.76. The van der Waals surface area contributed by atoms with Crippen LogP contribution in [-0.4, -0.2) is 78.6 Å². The van der Waals surface area contributed by atoms with E-state index in [2.05, 4.69) is 20.4 Å². The Balaban J connectivity index is 1.27. The third kappa shape index (κ3) is 5.30. The number of nitrogens with two attached hydrogens (primary N) is 1. The molecule has 0 unspecified atom stereocenters. The number of rotatable bonds is 9. The second-order valence-corrected chi connectivity index (χ2v) is 11.1. The number of oxazole rings is 1. The highest BCUT2D eigenvalue weighted by Crippen LogP contribution is 2.41. The number of hydrogen-bond donors (Lipinski definition) is 4. The number of aromatic nitrogens is 2. The molecular formula is C23H20N6O7S3. The maximum Gasteiger partial charge on any atom is 0.352 e. The number of carbonyl (C=O) groups is 3. The van der Waals surface area contributed by atoms with Gasteiger partial charge in [0, 0.05) is 22.4 Å². The number of anilines is 1. The van der Waals surface area contributed by atoms with E-state index < -0.39 is 29.2 Å². The lowest BCUT2D eigenvalue weighted by molar-refractivity contribution is -0.150. The van der Waals surface area contributed by atoms with Crippen molar-refractivity contribution in [3.05, 3.63) is 52.8 Å². The summed E-state index contributed by atoms with van der Waals surface area (Å²) in [4.78, 5) is 52.3. The number of aliphatic carboxylic acids is 1. The molecule has 4 heterocycles. The summed E-state index contributed by atoms with van der Waals surface area (Å²) in [5.74, 6) is -1.32. The number of phenols is 1. The van der Waals surface area contributed by atoms with Gasteiger partial charge in [-0.1, -0.05) is 16.9 Å². The van der Waals surface area contributed by atoms with Crippen LogP contribution in [0.15, 0.2) is 61.9 Å². The van der Waals surface area contributed by atoms with E-state index in [0.717, 1.165) is 16.9 Å². The molecule has 2 aliphatic rings.